The van der Waals surface area contributed by atoms with Gasteiger partial charge in [0, 0.05) is 4.47 Å². The van der Waals surface area contributed by atoms with Gasteiger partial charge in [-0.15, -0.1) is 0 Å². The molecule has 3 aromatic carbocycles. The average Bonchev–Trinajstić information content (AvgIpc) is 2.93. The summed E-state index contributed by atoms with van der Waals surface area (Å²) in [6, 6.07) is 10.3. The Kier molecular flexibility index (Phi) is 9.27. The monoisotopic (exact) mass is 636 g/mol. The molecule has 0 bridgehead atoms. The third-order valence-electron chi connectivity index (χ3n) is 6.72. The van der Waals surface area contributed by atoms with Crippen LogP contribution in [0.5, 0.6) is 0 Å². The zero-order valence-corrected chi connectivity index (χ0v) is 23.6. The van der Waals surface area contributed by atoms with Gasteiger partial charge in [0.25, 0.3) is 0 Å². The molecular formula is C29H24BrF3O8. The van der Waals surface area contributed by atoms with E-state index in [1.165, 1.54) is 0 Å². The number of hydrogen-bond acceptors (Lipinski definition) is 6. The van der Waals surface area contributed by atoms with E-state index in [1.54, 1.807) is 12.1 Å². The van der Waals surface area contributed by atoms with Gasteiger partial charge in [0.05, 0.1) is 29.4 Å². The van der Waals surface area contributed by atoms with Crippen molar-refractivity contribution in [2.75, 3.05) is 7.11 Å². The molecule has 0 aromatic heterocycles. The van der Waals surface area contributed by atoms with Crippen molar-refractivity contribution in [3.63, 3.8) is 0 Å². The zero-order valence-electron chi connectivity index (χ0n) is 22.0. The molecule has 0 saturated carbocycles. The summed E-state index contributed by atoms with van der Waals surface area (Å²) in [6.45, 7) is 2.50. The second-order valence-electron chi connectivity index (χ2n) is 9.10. The first-order valence-electron chi connectivity index (χ1n) is 12.0. The Balaban J connectivity index is 2.08. The van der Waals surface area contributed by atoms with Crippen LogP contribution in [0.25, 0.3) is 0 Å². The molecule has 2 N–H and O–H groups in total. The van der Waals surface area contributed by atoms with Crippen LogP contribution in [-0.2, 0) is 27.9 Å². The van der Waals surface area contributed by atoms with Crippen molar-refractivity contribution in [3.05, 3.63) is 104 Å². The van der Waals surface area contributed by atoms with Gasteiger partial charge in [0.15, 0.2) is 0 Å². The van der Waals surface area contributed by atoms with E-state index in [-0.39, 0.29) is 6.61 Å². The van der Waals surface area contributed by atoms with Crippen molar-refractivity contribution >= 4 is 39.8 Å². The molecule has 0 aliphatic carbocycles. The highest BCUT2D eigenvalue weighted by Gasteiger charge is 2.54. The van der Waals surface area contributed by atoms with E-state index in [0.29, 0.717) is 11.6 Å². The van der Waals surface area contributed by atoms with Crippen molar-refractivity contribution in [1.82, 2.24) is 0 Å². The summed E-state index contributed by atoms with van der Waals surface area (Å²) in [4.78, 5) is 48.6. The Morgan fingerprint density at radius 2 is 1.37 bits per heavy atom. The number of carbonyl (C=O) groups excluding carboxylic acids is 2. The summed E-state index contributed by atoms with van der Waals surface area (Å²) in [7, 11) is 0.944. The van der Waals surface area contributed by atoms with E-state index in [0.717, 1.165) is 60.8 Å². The summed E-state index contributed by atoms with van der Waals surface area (Å²) in [5, 5.41) is 19.2. The first kappa shape index (κ1) is 31.3. The molecule has 0 heterocycles. The molecule has 1 atom stereocenters. The van der Waals surface area contributed by atoms with Gasteiger partial charge in [-0.2, -0.15) is 13.2 Å². The number of aromatic carboxylic acids is 2. The zero-order chi connectivity index (χ0) is 30.7. The van der Waals surface area contributed by atoms with Crippen molar-refractivity contribution in [2.24, 2.45) is 0 Å². The predicted molar refractivity (Wildman–Crippen MR) is 143 cm³/mol. The van der Waals surface area contributed by atoms with Gasteiger partial charge < -0.3 is 19.7 Å². The van der Waals surface area contributed by atoms with E-state index in [4.69, 9.17) is 4.74 Å². The van der Waals surface area contributed by atoms with E-state index >= 15 is 0 Å². The van der Waals surface area contributed by atoms with Crippen LogP contribution in [0.2, 0.25) is 0 Å². The van der Waals surface area contributed by atoms with Crippen LogP contribution in [0, 0.1) is 0 Å². The van der Waals surface area contributed by atoms with Crippen molar-refractivity contribution in [2.45, 2.75) is 38.5 Å². The Labute approximate surface area is 240 Å². The molecule has 12 heteroatoms. The highest BCUT2D eigenvalue weighted by molar-refractivity contribution is 9.10. The summed E-state index contributed by atoms with van der Waals surface area (Å²) >= 11 is 3.41. The van der Waals surface area contributed by atoms with E-state index < -0.39 is 68.8 Å². The van der Waals surface area contributed by atoms with Crippen LogP contribution in [0.3, 0.4) is 0 Å². The van der Waals surface area contributed by atoms with Crippen LogP contribution in [0.15, 0.2) is 59.1 Å². The topological polar surface area (TPSA) is 127 Å². The molecule has 8 nitrogen and oxygen atoms in total. The number of halogens is 4. The number of hydrogen-bond donors (Lipinski definition) is 2. The fraction of sp³-hybridized carbons (Fsp3) is 0.241. The molecule has 0 fully saturated rings. The maximum absolute atomic E-state index is 14.7. The number of carboxylic acid groups (broad SMARTS) is 2. The number of methoxy groups -OCH3 is 1. The quantitative estimate of drug-likeness (QED) is 0.258. The van der Waals surface area contributed by atoms with Gasteiger partial charge >= 0.3 is 30.1 Å². The molecule has 41 heavy (non-hydrogen) atoms. The highest BCUT2D eigenvalue weighted by Crippen LogP contribution is 2.47. The number of carboxylic acids is 2. The van der Waals surface area contributed by atoms with E-state index in [1.807, 2.05) is 13.0 Å². The fourth-order valence-corrected chi connectivity index (χ4v) is 4.93. The Morgan fingerprint density at radius 1 is 0.805 bits per heavy atom. The molecule has 0 aliphatic heterocycles. The minimum Gasteiger partial charge on any atom is -0.478 e. The van der Waals surface area contributed by atoms with Crippen molar-refractivity contribution < 1.29 is 52.0 Å². The number of aryl methyl sites for hydroxylation is 1. The first-order valence-corrected chi connectivity index (χ1v) is 12.8. The number of rotatable bonds is 9. The third kappa shape index (κ3) is 6.27. The molecule has 1 unspecified atom stereocenters. The highest BCUT2D eigenvalue weighted by atomic mass is 79.9. The normalized spacial score (nSPS) is 12.8. The largest absolute Gasteiger partial charge is 0.478 e. The fourth-order valence-electron chi connectivity index (χ4n) is 4.22. The first-order chi connectivity index (χ1) is 19.1. The predicted octanol–water partition coefficient (Wildman–Crippen LogP) is 6.42. The van der Waals surface area contributed by atoms with Gasteiger partial charge in [-0.3, -0.25) is 0 Å². The van der Waals surface area contributed by atoms with E-state index in [9.17, 15) is 42.6 Å². The molecule has 0 saturated heterocycles. The number of ether oxygens (including phenoxy) is 2. The number of alkyl halides is 3. The molecular weight excluding hydrogens is 613 g/mol. The van der Waals surface area contributed by atoms with Crippen LogP contribution < -0.4 is 0 Å². The maximum atomic E-state index is 14.7. The van der Waals surface area contributed by atoms with E-state index in [2.05, 4.69) is 20.7 Å². The summed E-state index contributed by atoms with van der Waals surface area (Å²) in [5.41, 5.74) is -4.82. The Hall–Kier alpha value is -4.19. The molecule has 0 spiro atoms. The molecule has 216 valence electrons. The van der Waals surface area contributed by atoms with Gasteiger partial charge in [-0.25, -0.2) is 19.2 Å². The Bertz CT molecular complexity index is 1530. The van der Waals surface area contributed by atoms with Gasteiger partial charge in [0.1, 0.15) is 12.0 Å². The maximum Gasteiger partial charge on any atom is 0.402 e. The van der Waals surface area contributed by atoms with Gasteiger partial charge in [0.2, 0.25) is 0 Å². The van der Waals surface area contributed by atoms with Gasteiger partial charge in [-0.05, 0) is 65.9 Å². The van der Waals surface area contributed by atoms with Crippen LogP contribution in [0.1, 0.15) is 77.5 Å². The molecule has 0 amide bonds. The number of benzene rings is 3. The lowest BCUT2D eigenvalue weighted by Crippen LogP contribution is -2.41. The number of carbonyl (C=O) groups is 4. The Morgan fingerprint density at radius 3 is 1.85 bits per heavy atom. The van der Waals surface area contributed by atoms with Crippen LogP contribution in [-0.4, -0.2) is 47.4 Å². The summed E-state index contributed by atoms with van der Waals surface area (Å²) in [5.74, 6) is -5.46. The minimum absolute atomic E-state index is 0.214. The SMILES string of the molecule is CCc1ccc(COC(=O)c2ccc(C(C)(c3ccc(C(=O)O)c(C(=O)OC)c3)C(F)(F)F)cc2C(=O)O)cc1Br. The average molecular weight is 637 g/mol. The third-order valence-corrected chi connectivity index (χ3v) is 7.45. The lowest BCUT2D eigenvalue weighted by molar-refractivity contribution is -0.173. The van der Waals surface area contributed by atoms with Crippen LogP contribution >= 0.6 is 15.9 Å². The molecule has 3 rings (SSSR count). The summed E-state index contributed by atoms with van der Waals surface area (Å²) < 4.78 is 54.6. The lowest BCUT2D eigenvalue weighted by atomic mass is 9.74. The summed E-state index contributed by atoms with van der Waals surface area (Å²) in [6.07, 6.45) is -4.29. The standard InChI is InChI=1S/C29H24BrF3O8/c1-4-16-6-5-15(11-23(16)30)14-41-27(39)20-10-8-17(12-21(20)25(36)37)28(2,29(31,32)33)18-7-9-19(24(34)35)22(13-18)26(38)40-3/h5-13H,4,14H2,1-3H3,(H,34,35)(H,36,37). The van der Waals surface area contributed by atoms with Crippen LogP contribution in [0.4, 0.5) is 13.2 Å². The second kappa shape index (κ2) is 12.1. The molecule has 0 aliphatic rings. The molecule has 0 radical (unpaired) electrons. The van der Waals surface area contributed by atoms with Crippen molar-refractivity contribution in [3.8, 4) is 0 Å². The smallest absolute Gasteiger partial charge is 0.402 e. The lowest BCUT2D eigenvalue weighted by Gasteiger charge is -2.34. The molecule has 3 aromatic rings. The number of esters is 2. The van der Waals surface area contributed by atoms with Crippen molar-refractivity contribution in [1.29, 1.82) is 0 Å². The van der Waals surface area contributed by atoms with Gasteiger partial charge in [-0.1, -0.05) is 47.1 Å². The minimum atomic E-state index is -5.05. The second-order valence-corrected chi connectivity index (χ2v) is 9.96.